The second-order valence-corrected chi connectivity index (χ2v) is 24.9. The van der Waals surface area contributed by atoms with Crippen molar-refractivity contribution in [2.75, 3.05) is 38.5 Å². The molecule has 6 amide bonds. The number of benzene rings is 2. The number of methoxy groups -OCH3 is 1. The number of epoxide rings is 1. The minimum Gasteiger partial charge on any atom is -0.494 e. The van der Waals surface area contributed by atoms with E-state index >= 15 is 0 Å². The van der Waals surface area contributed by atoms with Crippen LogP contribution in [0.5, 0.6) is 5.75 Å². The monoisotopic (exact) mass is 1170 g/mol. The number of fused-ring (bicyclic) bond motifs is 5. The minimum atomic E-state index is -1.86. The Labute approximate surface area is 479 Å². The van der Waals surface area contributed by atoms with Gasteiger partial charge in [-0.05, 0) is 108 Å². The zero-order valence-corrected chi connectivity index (χ0v) is 49.5. The Bertz CT molecular complexity index is 2760. The van der Waals surface area contributed by atoms with E-state index in [4.69, 9.17) is 40.1 Å². The third-order valence-corrected chi connectivity index (χ3v) is 18.2. The van der Waals surface area contributed by atoms with Gasteiger partial charge in [0.25, 0.3) is 11.8 Å². The summed E-state index contributed by atoms with van der Waals surface area (Å²) in [5.74, 6) is -3.32. The molecule has 0 aliphatic carbocycles. The lowest BCUT2D eigenvalue weighted by atomic mass is 9.83. The molecule has 6 rings (SSSR count). The number of allylic oxidation sites excluding steroid dienone is 3. The van der Waals surface area contributed by atoms with Gasteiger partial charge in [-0.2, -0.15) is 5.10 Å². The summed E-state index contributed by atoms with van der Waals surface area (Å²) in [7, 11) is 7.36. The Kier molecular flexibility index (Phi) is 21.5. The van der Waals surface area contributed by atoms with Crippen LogP contribution in [0.2, 0.25) is 5.02 Å². The number of imide groups is 1. The number of aliphatic hydroxyl groups is 1. The average molecular weight is 1170 g/mol. The fourth-order valence-corrected chi connectivity index (χ4v) is 12.2. The molecule has 4 bridgehead atoms. The van der Waals surface area contributed by atoms with E-state index in [2.05, 4.69) is 15.8 Å². The molecule has 21 nitrogen and oxygen atoms in total. The molecule has 24 heteroatoms. The lowest BCUT2D eigenvalue weighted by Gasteiger charge is -2.42. The number of anilines is 1. The van der Waals surface area contributed by atoms with E-state index in [1.807, 2.05) is 45.9 Å². The molecule has 3 saturated heterocycles. The molecule has 2 aromatic carbocycles. The molecule has 80 heavy (non-hydrogen) atoms. The summed E-state index contributed by atoms with van der Waals surface area (Å²) in [4.78, 5) is 111. The summed E-state index contributed by atoms with van der Waals surface area (Å²) in [6, 6.07) is 9.68. The highest BCUT2D eigenvalue weighted by Gasteiger charge is 2.64. The zero-order chi connectivity index (χ0) is 58.9. The van der Waals surface area contributed by atoms with E-state index in [0.29, 0.717) is 45.8 Å². The first kappa shape index (κ1) is 63.2. The maximum Gasteiger partial charge on any atom is 0.409 e. The zero-order valence-electron chi connectivity index (χ0n) is 47.1. The first-order valence-electron chi connectivity index (χ1n) is 26.4. The molecule has 4 heterocycles. The van der Waals surface area contributed by atoms with E-state index in [1.54, 1.807) is 64.2 Å². The second kappa shape index (κ2) is 27.2. The average Bonchev–Trinajstić information content (AvgIpc) is 4.01. The molecule has 3 N–H and O–H groups in total. The van der Waals surface area contributed by atoms with Crippen LogP contribution < -0.4 is 20.4 Å². The fourth-order valence-electron chi connectivity index (χ4n) is 9.43. The number of hydrogen-bond donors (Lipinski definition) is 3. The van der Waals surface area contributed by atoms with Crippen LogP contribution in [0.3, 0.4) is 0 Å². The van der Waals surface area contributed by atoms with Crippen molar-refractivity contribution in [3.8, 4) is 5.75 Å². The van der Waals surface area contributed by atoms with Crippen molar-refractivity contribution in [3.63, 3.8) is 0 Å². The highest BCUT2D eigenvalue weighted by atomic mass is 35.5. The van der Waals surface area contributed by atoms with Crippen molar-refractivity contribution >= 4 is 92.2 Å². The molecule has 0 saturated carbocycles. The van der Waals surface area contributed by atoms with Gasteiger partial charge in [-0.3, -0.25) is 29.3 Å². The summed E-state index contributed by atoms with van der Waals surface area (Å²) in [6.45, 7) is 14.6. The molecule has 0 radical (unpaired) electrons. The smallest absolute Gasteiger partial charge is 0.409 e. The standard InChI is InChI=1S/C56H73ClN6O15S2/c1-32-14-12-15-42(73-11)56(72)30-41(75-53(71)58-56)34(3)51-55(8,77-51)43(29-48(68)62(10)40-28-37(26-32)27-33(2)50(40)57)76-52(70)36(5)61(9)45(65)23-25-79-80-54(6,7)31-44(64)60-59-35(4)38-17-19-39(20-18-38)74-24-13-16-49(69)78-63-46(66)21-22-47(63)67/h12,14-15,17-20,27-28,34,36,41-43,51,72H,13,16,21-26,29-31H2,1-11H3,(H,58,71)(H,60,64)/b15-12+,32-14+,59-35+/t34-,36+,41+,42-,43+,51+,55+,56+/m1/s1. The maximum absolute atomic E-state index is 14.3. The van der Waals surface area contributed by atoms with Crippen LogP contribution in [0.25, 0.3) is 0 Å². The van der Waals surface area contributed by atoms with E-state index in [0.717, 1.165) is 22.3 Å². The lowest BCUT2D eigenvalue weighted by Crippen LogP contribution is -2.63. The number of hydrazone groups is 1. The van der Waals surface area contributed by atoms with Gasteiger partial charge in [0.05, 0.1) is 42.0 Å². The molecule has 0 unspecified atom stereocenters. The van der Waals surface area contributed by atoms with Crippen LogP contribution in [0.4, 0.5) is 10.5 Å². The number of ether oxygens (including phenoxy) is 5. The van der Waals surface area contributed by atoms with Gasteiger partial charge < -0.3 is 43.4 Å². The Morgan fingerprint density at radius 1 is 1.06 bits per heavy atom. The maximum atomic E-state index is 14.3. The van der Waals surface area contributed by atoms with Gasteiger partial charge >= 0.3 is 18.0 Å². The van der Waals surface area contributed by atoms with E-state index in [-0.39, 0.29) is 63.4 Å². The third-order valence-electron chi connectivity index (χ3n) is 14.4. The van der Waals surface area contributed by atoms with Crippen LogP contribution in [0.15, 0.2) is 65.3 Å². The van der Waals surface area contributed by atoms with E-state index in [1.165, 1.54) is 52.5 Å². The number of alkyl carbamates (subject to hydrolysis) is 1. The van der Waals surface area contributed by atoms with Gasteiger partial charge in [0.2, 0.25) is 17.7 Å². The number of carbonyl (C=O) groups is 8. The first-order valence-corrected chi connectivity index (χ1v) is 29.1. The van der Waals surface area contributed by atoms with Crippen LogP contribution in [0, 0.1) is 12.8 Å². The van der Waals surface area contributed by atoms with Crippen molar-refractivity contribution in [1.82, 2.24) is 20.7 Å². The van der Waals surface area contributed by atoms with Crippen molar-refractivity contribution in [1.29, 1.82) is 0 Å². The van der Waals surface area contributed by atoms with Gasteiger partial charge in [-0.15, -0.1) is 5.06 Å². The molecule has 8 atom stereocenters. The predicted octanol–water partition coefficient (Wildman–Crippen LogP) is 7.06. The number of nitrogens with zero attached hydrogens (tertiary/aromatic N) is 4. The number of amides is 6. The number of rotatable bonds is 19. The normalized spacial score (nSPS) is 26.0. The number of nitrogens with one attached hydrogen (secondary N) is 2. The van der Waals surface area contributed by atoms with Gasteiger partial charge in [-0.1, -0.05) is 70.0 Å². The largest absolute Gasteiger partial charge is 0.494 e. The topological polar surface area (TPSA) is 262 Å². The Morgan fingerprint density at radius 3 is 2.42 bits per heavy atom. The first-order chi connectivity index (χ1) is 37.6. The number of likely N-dealkylation sites (N-methyl/N-ethyl adjacent to an activating group) is 1. The summed E-state index contributed by atoms with van der Waals surface area (Å²) >= 11 is 6.84. The summed E-state index contributed by atoms with van der Waals surface area (Å²) in [5.41, 5.74) is 3.80. The van der Waals surface area contributed by atoms with E-state index in [9.17, 15) is 43.5 Å². The quantitative estimate of drug-likeness (QED) is 0.0242. The molecule has 0 spiro atoms. The Hall–Kier alpha value is -5.98. The minimum absolute atomic E-state index is 0.0211. The second-order valence-electron chi connectivity index (χ2n) is 21.4. The van der Waals surface area contributed by atoms with Gasteiger partial charge in [0, 0.05) is 69.7 Å². The van der Waals surface area contributed by atoms with Gasteiger partial charge in [0.1, 0.15) is 35.7 Å². The summed E-state index contributed by atoms with van der Waals surface area (Å²) < 4.78 is 29.0. The SMILES string of the molecule is CO[C@@H]1/C=C/C=C(\C)Cc2cc(C)c(Cl)c(c2)N(C)C(=O)C[C@H](OC(=O)[C@H](C)N(C)C(=O)CCSSC(C)(C)CC(=O)N/N=C(\C)c2ccc(OCCCC(=O)ON3C(=O)CCC3=O)cc2)[C@]2(C)O[C@H]2[C@H](C)[C@@H]2C[C@@]1(O)NC(=O)O2. The van der Waals surface area contributed by atoms with Crippen LogP contribution in [-0.2, 0) is 63.8 Å². The number of halogens is 1. The van der Waals surface area contributed by atoms with Gasteiger partial charge in [-0.25, -0.2) is 19.8 Å². The van der Waals surface area contributed by atoms with Crippen molar-refractivity contribution < 1.29 is 72.0 Å². The molecule has 436 valence electrons. The number of hydrogen-bond acceptors (Lipinski definition) is 18. The fraction of sp³-hybridized carbons (Fsp3) is 0.554. The van der Waals surface area contributed by atoms with Crippen LogP contribution >= 0.6 is 33.2 Å². The predicted molar refractivity (Wildman–Crippen MR) is 301 cm³/mol. The molecular formula is C56H73ClN6O15S2. The van der Waals surface area contributed by atoms with Crippen LogP contribution in [-0.4, -0.2) is 148 Å². The van der Waals surface area contributed by atoms with Crippen molar-refractivity contribution in [3.05, 3.63) is 81.9 Å². The lowest BCUT2D eigenvalue weighted by molar-refractivity contribution is -0.197. The third kappa shape index (κ3) is 16.4. The summed E-state index contributed by atoms with van der Waals surface area (Å²) in [5, 5.41) is 19.5. The molecule has 0 aromatic heterocycles. The van der Waals surface area contributed by atoms with Crippen molar-refractivity contribution in [2.45, 2.75) is 160 Å². The Balaban J connectivity index is 1.01. The molecule has 4 aliphatic rings. The molecule has 2 aromatic rings. The molecule has 3 fully saturated rings. The number of hydroxylamine groups is 2. The Morgan fingerprint density at radius 2 is 1.75 bits per heavy atom. The van der Waals surface area contributed by atoms with Gasteiger partial charge in [0.15, 0.2) is 5.72 Å². The highest BCUT2D eigenvalue weighted by molar-refractivity contribution is 8.77. The van der Waals surface area contributed by atoms with Crippen LogP contribution in [0.1, 0.15) is 117 Å². The molecular weight excluding hydrogens is 1100 g/mol. The highest BCUT2D eigenvalue weighted by Crippen LogP contribution is 2.49. The number of aryl methyl sites for hydroxylation is 1. The van der Waals surface area contributed by atoms with E-state index < -0.39 is 88.2 Å². The summed E-state index contributed by atoms with van der Waals surface area (Å²) in [6.07, 6.45) is 1.22. The van der Waals surface area contributed by atoms with Crippen molar-refractivity contribution in [2.24, 2.45) is 11.0 Å². The molecule has 4 aliphatic heterocycles. The number of carbonyl (C=O) groups excluding carboxylic acids is 8. The number of esters is 1.